The molecule has 0 bridgehead atoms. The molecule has 96 valence electrons. The van der Waals surface area contributed by atoms with Gasteiger partial charge in [0.2, 0.25) is 0 Å². The van der Waals surface area contributed by atoms with Crippen LogP contribution in [0, 0.1) is 28.6 Å². The van der Waals surface area contributed by atoms with Crippen LogP contribution in [0.5, 0.6) is 0 Å². The van der Waals surface area contributed by atoms with Gasteiger partial charge in [-0.05, 0) is 41.9 Å². The Balaban J connectivity index is 1.99. The summed E-state index contributed by atoms with van der Waals surface area (Å²) in [6, 6.07) is 0. The standard InChI is InChI=1S/C15H24O2/c1-14(2)6-9-12(7-14)15(3)5-4-11(15)10(8-16)13(9)17/h4,9-10,12-13,16-17H,5-8H2,1-3H3. The van der Waals surface area contributed by atoms with Crippen molar-refractivity contribution in [2.75, 3.05) is 6.61 Å². The van der Waals surface area contributed by atoms with E-state index in [0.717, 1.165) is 12.8 Å². The molecule has 2 fully saturated rings. The van der Waals surface area contributed by atoms with E-state index in [4.69, 9.17) is 0 Å². The van der Waals surface area contributed by atoms with Crippen molar-refractivity contribution >= 4 is 0 Å². The third-order valence-electron chi connectivity index (χ3n) is 5.75. The van der Waals surface area contributed by atoms with Crippen molar-refractivity contribution in [2.24, 2.45) is 28.6 Å². The van der Waals surface area contributed by atoms with Crippen LogP contribution in [0.1, 0.15) is 40.0 Å². The Morgan fingerprint density at radius 3 is 2.53 bits per heavy atom. The number of rotatable bonds is 1. The lowest BCUT2D eigenvalue weighted by Crippen LogP contribution is -2.52. The van der Waals surface area contributed by atoms with Gasteiger partial charge in [-0.15, -0.1) is 0 Å². The van der Waals surface area contributed by atoms with Crippen LogP contribution in [0.15, 0.2) is 11.6 Å². The second-order valence-electron chi connectivity index (χ2n) is 7.40. The lowest BCUT2D eigenvalue weighted by molar-refractivity contribution is -0.0510. The molecule has 0 spiro atoms. The van der Waals surface area contributed by atoms with Gasteiger partial charge in [0, 0.05) is 5.92 Å². The Labute approximate surface area is 104 Å². The lowest BCUT2D eigenvalue weighted by atomic mass is 9.50. The molecule has 0 amide bonds. The Kier molecular flexibility index (Phi) is 2.32. The lowest BCUT2D eigenvalue weighted by Gasteiger charge is -2.55. The third kappa shape index (κ3) is 1.40. The van der Waals surface area contributed by atoms with Gasteiger partial charge >= 0.3 is 0 Å². The summed E-state index contributed by atoms with van der Waals surface area (Å²) in [7, 11) is 0. The Hall–Kier alpha value is -0.340. The molecule has 2 heteroatoms. The molecular formula is C15H24O2. The predicted octanol–water partition coefficient (Wildman–Crippen LogP) is 2.36. The minimum absolute atomic E-state index is 0.00361. The van der Waals surface area contributed by atoms with E-state index in [0.29, 0.717) is 17.3 Å². The van der Waals surface area contributed by atoms with E-state index in [9.17, 15) is 10.2 Å². The first-order valence-corrected chi connectivity index (χ1v) is 6.88. The van der Waals surface area contributed by atoms with E-state index in [1.807, 2.05) is 0 Å². The number of hydrogen-bond donors (Lipinski definition) is 2. The van der Waals surface area contributed by atoms with E-state index in [2.05, 4.69) is 26.8 Å². The van der Waals surface area contributed by atoms with E-state index in [-0.39, 0.29) is 24.0 Å². The van der Waals surface area contributed by atoms with Crippen LogP contribution in [0.3, 0.4) is 0 Å². The zero-order valence-electron chi connectivity index (χ0n) is 11.1. The summed E-state index contributed by atoms with van der Waals surface area (Å²) in [6.45, 7) is 7.08. The normalized spacial score (nSPS) is 51.2. The molecule has 2 saturated carbocycles. The highest BCUT2D eigenvalue weighted by Gasteiger charge is 2.60. The van der Waals surface area contributed by atoms with Crippen molar-refractivity contribution in [3.63, 3.8) is 0 Å². The third-order valence-corrected chi connectivity index (χ3v) is 5.75. The van der Waals surface area contributed by atoms with Crippen LogP contribution in [0.25, 0.3) is 0 Å². The number of hydrogen-bond acceptors (Lipinski definition) is 2. The highest BCUT2D eigenvalue weighted by atomic mass is 16.3. The molecule has 0 aromatic heterocycles. The van der Waals surface area contributed by atoms with E-state index in [1.54, 1.807) is 0 Å². The molecule has 0 heterocycles. The van der Waals surface area contributed by atoms with Crippen molar-refractivity contribution in [3.8, 4) is 0 Å². The summed E-state index contributed by atoms with van der Waals surface area (Å²) in [4.78, 5) is 0. The Morgan fingerprint density at radius 2 is 2.00 bits per heavy atom. The largest absolute Gasteiger partial charge is 0.396 e. The van der Waals surface area contributed by atoms with Gasteiger partial charge in [-0.1, -0.05) is 32.4 Å². The van der Waals surface area contributed by atoms with Gasteiger partial charge in [0.15, 0.2) is 0 Å². The van der Waals surface area contributed by atoms with Crippen molar-refractivity contribution in [3.05, 3.63) is 11.6 Å². The summed E-state index contributed by atoms with van der Waals surface area (Å²) in [6.07, 6.45) is 5.39. The SMILES string of the molecule is CC1(C)CC2C(O)C(CO)C3=CCC3(C)C2C1. The van der Waals surface area contributed by atoms with Gasteiger partial charge in [-0.25, -0.2) is 0 Å². The molecule has 2 N–H and O–H groups in total. The molecule has 5 atom stereocenters. The first-order valence-electron chi connectivity index (χ1n) is 6.88. The molecule has 17 heavy (non-hydrogen) atoms. The van der Waals surface area contributed by atoms with E-state index in [1.165, 1.54) is 12.0 Å². The number of aliphatic hydroxyl groups is 2. The summed E-state index contributed by atoms with van der Waals surface area (Å²) < 4.78 is 0. The summed E-state index contributed by atoms with van der Waals surface area (Å²) in [5.74, 6) is 1.02. The number of allylic oxidation sites excluding steroid dienone is 1. The summed E-state index contributed by atoms with van der Waals surface area (Å²) in [5.41, 5.74) is 1.96. The molecule has 0 radical (unpaired) electrons. The second kappa shape index (κ2) is 3.36. The summed E-state index contributed by atoms with van der Waals surface area (Å²) >= 11 is 0. The molecular weight excluding hydrogens is 212 g/mol. The smallest absolute Gasteiger partial charge is 0.0659 e. The highest BCUT2D eigenvalue weighted by molar-refractivity contribution is 5.34. The zero-order valence-corrected chi connectivity index (χ0v) is 11.1. The fraction of sp³-hybridized carbons (Fsp3) is 0.867. The van der Waals surface area contributed by atoms with Crippen LogP contribution in [-0.4, -0.2) is 22.9 Å². The minimum Gasteiger partial charge on any atom is -0.396 e. The van der Waals surface area contributed by atoms with E-state index >= 15 is 0 Å². The molecule has 0 aromatic carbocycles. The number of fused-ring (bicyclic) bond motifs is 3. The van der Waals surface area contributed by atoms with Crippen molar-refractivity contribution in [2.45, 2.75) is 46.1 Å². The van der Waals surface area contributed by atoms with Gasteiger partial charge < -0.3 is 10.2 Å². The maximum Gasteiger partial charge on any atom is 0.0659 e. The number of aliphatic hydroxyl groups excluding tert-OH is 2. The van der Waals surface area contributed by atoms with Crippen molar-refractivity contribution in [1.82, 2.24) is 0 Å². The highest BCUT2D eigenvalue weighted by Crippen LogP contribution is 2.65. The van der Waals surface area contributed by atoms with Gasteiger partial charge in [0.25, 0.3) is 0 Å². The minimum atomic E-state index is -0.327. The molecule has 2 nitrogen and oxygen atoms in total. The average molecular weight is 236 g/mol. The van der Waals surface area contributed by atoms with Gasteiger partial charge in [0.05, 0.1) is 12.7 Å². The zero-order chi connectivity index (χ0) is 12.4. The fourth-order valence-corrected chi connectivity index (χ4v) is 4.84. The van der Waals surface area contributed by atoms with Gasteiger partial charge in [-0.3, -0.25) is 0 Å². The van der Waals surface area contributed by atoms with Gasteiger partial charge in [0.1, 0.15) is 0 Å². The monoisotopic (exact) mass is 236 g/mol. The maximum atomic E-state index is 10.5. The second-order valence-corrected chi connectivity index (χ2v) is 7.40. The van der Waals surface area contributed by atoms with Crippen LogP contribution >= 0.6 is 0 Å². The topological polar surface area (TPSA) is 40.5 Å². The molecule has 0 aliphatic heterocycles. The predicted molar refractivity (Wildman–Crippen MR) is 67.4 cm³/mol. The van der Waals surface area contributed by atoms with Crippen molar-refractivity contribution in [1.29, 1.82) is 0 Å². The van der Waals surface area contributed by atoms with Crippen LogP contribution < -0.4 is 0 Å². The Morgan fingerprint density at radius 1 is 1.29 bits per heavy atom. The first-order chi connectivity index (χ1) is 7.89. The molecule has 3 rings (SSSR count). The fourth-order valence-electron chi connectivity index (χ4n) is 4.84. The molecule has 3 aliphatic carbocycles. The molecule has 5 unspecified atom stereocenters. The summed E-state index contributed by atoms with van der Waals surface area (Å²) in [5, 5.41) is 20.1. The van der Waals surface area contributed by atoms with E-state index < -0.39 is 0 Å². The van der Waals surface area contributed by atoms with Crippen molar-refractivity contribution < 1.29 is 10.2 Å². The van der Waals surface area contributed by atoms with Crippen LogP contribution in [-0.2, 0) is 0 Å². The quantitative estimate of drug-likeness (QED) is 0.686. The molecule has 0 aromatic rings. The molecule has 0 saturated heterocycles. The maximum absolute atomic E-state index is 10.5. The van der Waals surface area contributed by atoms with Gasteiger partial charge in [-0.2, -0.15) is 0 Å². The molecule has 3 aliphatic rings. The first kappa shape index (κ1) is 11.7. The van der Waals surface area contributed by atoms with Crippen LogP contribution in [0.2, 0.25) is 0 Å². The Bertz CT molecular complexity index is 371. The van der Waals surface area contributed by atoms with Crippen LogP contribution in [0.4, 0.5) is 0 Å². The average Bonchev–Trinajstić information content (AvgIpc) is 2.57.